The Kier molecular flexibility index (Phi) is 10.0. The van der Waals surface area contributed by atoms with Crippen molar-refractivity contribution in [2.75, 3.05) is 0 Å². The molecule has 1 unspecified atom stereocenters. The first-order valence-corrected chi connectivity index (χ1v) is 7.93. The van der Waals surface area contributed by atoms with E-state index in [-0.39, 0.29) is 6.04 Å². The average Bonchev–Trinajstić information content (AvgIpc) is 2.48. The van der Waals surface area contributed by atoms with E-state index in [0.717, 1.165) is 12.8 Å². The van der Waals surface area contributed by atoms with Crippen LogP contribution in [0.15, 0.2) is 24.3 Å². The van der Waals surface area contributed by atoms with Gasteiger partial charge in [0.1, 0.15) is 5.78 Å². The molecule has 0 aliphatic rings. The Morgan fingerprint density at radius 2 is 1.55 bits per heavy atom. The Morgan fingerprint density at radius 1 is 1.05 bits per heavy atom. The average molecular weight is 277 g/mol. The van der Waals surface area contributed by atoms with Crippen LogP contribution >= 0.6 is 0 Å². The highest BCUT2D eigenvalue weighted by Gasteiger charge is 2.17. The zero-order valence-corrected chi connectivity index (χ0v) is 14.0. The number of hydrogen-bond acceptors (Lipinski definition) is 2. The molecule has 1 aromatic rings. The van der Waals surface area contributed by atoms with Crippen molar-refractivity contribution in [2.45, 2.75) is 72.9 Å². The predicted octanol–water partition coefficient (Wildman–Crippen LogP) is 4.16. The maximum atomic E-state index is 11.9. The lowest BCUT2D eigenvalue weighted by atomic mass is 9.99. The van der Waals surface area contributed by atoms with Crippen LogP contribution in [0.1, 0.15) is 59.1 Å². The van der Waals surface area contributed by atoms with Crippen LogP contribution in [0.25, 0.3) is 0 Å². The smallest absolute Gasteiger partial charge is 0.149 e. The minimum atomic E-state index is -0.0533. The van der Waals surface area contributed by atoms with Crippen LogP contribution in [-0.4, -0.2) is 17.9 Å². The van der Waals surface area contributed by atoms with Gasteiger partial charge in [0.15, 0.2) is 0 Å². The zero-order valence-electron chi connectivity index (χ0n) is 14.0. The normalized spacial score (nSPS) is 11.8. The summed E-state index contributed by atoms with van der Waals surface area (Å²) in [4.78, 5) is 11.9. The molecule has 0 radical (unpaired) electrons. The van der Waals surface area contributed by atoms with Gasteiger partial charge in [0.2, 0.25) is 0 Å². The maximum absolute atomic E-state index is 11.9. The Bertz CT molecular complexity index is 368. The van der Waals surface area contributed by atoms with Crippen LogP contribution in [0.2, 0.25) is 0 Å². The molecule has 0 aliphatic heterocycles. The first-order valence-electron chi connectivity index (χ1n) is 7.93. The van der Waals surface area contributed by atoms with Gasteiger partial charge in [-0.2, -0.15) is 0 Å². The summed E-state index contributed by atoms with van der Waals surface area (Å²) in [6, 6.07) is 8.85. The van der Waals surface area contributed by atoms with Crippen LogP contribution in [0.3, 0.4) is 0 Å². The number of carbonyl (C=O) groups is 1. The summed E-state index contributed by atoms with van der Waals surface area (Å²) >= 11 is 0. The van der Waals surface area contributed by atoms with Crippen LogP contribution < -0.4 is 5.32 Å². The summed E-state index contributed by atoms with van der Waals surface area (Å²) in [5.41, 5.74) is 2.57. The second-order valence-corrected chi connectivity index (χ2v) is 5.07. The predicted molar refractivity (Wildman–Crippen MR) is 88.2 cm³/mol. The molecule has 0 aliphatic carbocycles. The largest absolute Gasteiger partial charge is 0.305 e. The molecule has 20 heavy (non-hydrogen) atoms. The Labute approximate surface area is 125 Å². The van der Waals surface area contributed by atoms with E-state index in [0.29, 0.717) is 18.2 Å². The molecule has 1 N–H and O–H groups in total. The molecule has 1 aromatic carbocycles. The minimum absolute atomic E-state index is 0.0533. The molecule has 0 bridgehead atoms. The van der Waals surface area contributed by atoms with Crippen molar-refractivity contribution >= 4 is 5.78 Å². The molecule has 0 saturated carbocycles. The molecular weight excluding hydrogens is 246 g/mol. The van der Waals surface area contributed by atoms with Gasteiger partial charge in [0.05, 0.1) is 6.04 Å². The summed E-state index contributed by atoms with van der Waals surface area (Å²) in [5, 5.41) is 3.36. The van der Waals surface area contributed by atoms with Gasteiger partial charge in [-0.3, -0.25) is 4.79 Å². The standard InChI is InChI=1S/C16H25NO.C2H6/c1-5-13-7-9-14(10-8-13)11-15(16(18)6-2)17-12(3)4;1-2/h7-10,12,15,17H,5-6,11H2,1-4H3;1-2H3. The van der Waals surface area contributed by atoms with Crippen molar-refractivity contribution in [1.29, 1.82) is 0 Å². The molecule has 114 valence electrons. The maximum Gasteiger partial charge on any atom is 0.149 e. The van der Waals surface area contributed by atoms with Crippen LogP contribution in [0.4, 0.5) is 0 Å². The number of aryl methyl sites for hydroxylation is 1. The third kappa shape index (κ3) is 6.85. The van der Waals surface area contributed by atoms with Crippen LogP contribution in [0.5, 0.6) is 0 Å². The lowest BCUT2D eigenvalue weighted by molar-refractivity contribution is -0.120. The summed E-state index contributed by atoms with van der Waals surface area (Å²) in [6.45, 7) is 12.2. The highest BCUT2D eigenvalue weighted by Crippen LogP contribution is 2.09. The van der Waals surface area contributed by atoms with Gasteiger partial charge < -0.3 is 5.32 Å². The van der Waals surface area contributed by atoms with Crippen molar-refractivity contribution in [3.63, 3.8) is 0 Å². The molecule has 2 heteroatoms. The number of Topliss-reactive ketones (excluding diaryl/α,β-unsaturated/α-hetero) is 1. The molecule has 2 nitrogen and oxygen atoms in total. The fraction of sp³-hybridized carbons (Fsp3) is 0.611. The number of ketones is 1. The van der Waals surface area contributed by atoms with Crippen molar-refractivity contribution in [3.8, 4) is 0 Å². The molecule has 0 spiro atoms. The third-order valence-electron chi connectivity index (χ3n) is 3.14. The molecule has 0 aromatic heterocycles. The number of nitrogens with one attached hydrogen (secondary N) is 1. The molecule has 0 heterocycles. The van der Waals surface area contributed by atoms with Gasteiger partial charge in [-0.1, -0.05) is 65.8 Å². The van der Waals surface area contributed by atoms with E-state index in [1.807, 2.05) is 20.8 Å². The summed E-state index contributed by atoms with van der Waals surface area (Å²) < 4.78 is 0. The van der Waals surface area contributed by atoms with Gasteiger partial charge >= 0.3 is 0 Å². The molecule has 1 atom stereocenters. The van der Waals surface area contributed by atoms with Crippen molar-refractivity contribution in [2.24, 2.45) is 0 Å². The van der Waals surface area contributed by atoms with E-state index in [4.69, 9.17) is 0 Å². The first-order chi connectivity index (χ1) is 9.56. The molecule has 0 fully saturated rings. The van der Waals surface area contributed by atoms with Gasteiger partial charge in [0.25, 0.3) is 0 Å². The van der Waals surface area contributed by atoms with Crippen LogP contribution in [-0.2, 0) is 17.6 Å². The lowest BCUT2D eigenvalue weighted by Gasteiger charge is -2.20. The van der Waals surface area contributed by atoms with Gasteiger partial charge in [-0.25, -0.2) is 0 Å². The number of carbonyl (C=O) groups excluding carboxylic acids is 1. The quantitative estimate of drug-likeness (QED) is 0.810. The Morgan fingerprint density at radius 3 is 1.95 bits per heavy atom. The fourth-order valence-corrected chi connectivity index (χ4v) is 2.06. The first kappa shape index (κ1) is 18.9. The van der Waals surface area contributed by atoms with E-state index >= 15 is 0 Å². The highest BCUT2D eigenvalue weighted by molar-refractivity contribution is 5.84. The molecule has 1 rings (SSSR count). The molecule has 0 saturated heterocycles. The zero-order chi connectivity index (χ0) is 15.5. The number of hydrogen-bond donors (Lipinski definition) is 1. The minimum Gasteiger partial charge on any atom is -0.305 e. The molecule has 0 amide bonds. The van der Waals surface area contributed by atoms with Gasteiger partial charge in [-0.15, -0.1) is 0 Å². The van der Waals surface area contributed by atoms with Gasteiger partial charge in [0, 0.05) is 12.5 Å². The summed E-state index contributed by atoms with van der Waals surface area (Å²) in [6.07, 6.45) is 2.44. The van der Waals surface area contributed by atoms with Crippen LogP contribution in [0, 0.1) is 0 Å². The Balaban J connectivity index is 0.00000172. The van der Waals surface area contributed by atoms with E-state index < -0.39 is 0 Å². The molecular formula is C18H31NO. The van der Waals surface area contributed by atoms with Crippen molar-refractivity contribution in [3.05, 3.63) is 35.4 Å². The summed E-state index contributed by atoms with van der Waals surface area (Å²) in [7, 11) is 0. The highest BCUT2D eigenvalue weighted by atomic mass is 16.1. The third-order valence-corrected chi connectivity index (χ3v) is 3.14. The fourth-order valence-electron chi connectivity index (χ4n) is 2.06. The topological polar surface area (TPSA) is 29.1 Å². The lowest BCUT2D eigenvalue weighted by Crippen LogP contribution is -2.42. The van der Waals surface area contributed by atoms with E-state index in [1.165, 1.54) is 11.1 Å². The van der Waals surface area contributed by atoms with Crippen molar-refractivity contribution < 1.29 is 4.79 Å². The second-order valence-electron chi connectivity index (χ2n) is 5.07. The summed E-state index contributed by atoms with van der Waals surface area (Å²) in [5.74, 6) is 0.295. The monoisotopic (exact) mass is 277 g/mol. The van der Waals surface area contributed by atoms with E-state index in [1.54, 1.807) is 0 Å². The Hall–Kier alpha value is -1.15. The van der Waals surface area contributed by atoms with E-state index in [9.17, 15) is 4.79 Å². The SMILES string of the molecule is CC.CCC(=O)C(Cc1ccc(CC)cc1)NC(C)C. The number of benzene rings is 1. The van der Waals surface area contributed by atoms with Gasteiger partial charge in [-0.05, 0) is 24.0 Å². The number of rotatable bonds is 7. The van der Waals surface area contributed by atoms with E-state index in [2.05, 4.69) is 50.4 Å². The van der Waals surface area contributed by atoms with Crippen molar-refractivity contribution in [1.82, 2.24) is 5.32 Å². The second kappa shape index (κ2) is 10.6.